The van der Waals surface area contributed by atoms with Gasteiger partial charge in [0.1, 0.15) is 4.33 Å². The van der Waals surface area contributed by atoms with E-state index in [0.29, 0.717) is 18.7 Å². The number of hydrogen-bond acceptors (Lipinski definition) is 0. The molecule has 1 atom stereocenters. The van der Waals surface area contributed by atoms with Gasteiger partial charge >= 0.3 is 6.18 Å². The van der Waals surface area contributed by atoms with Crippen molar-refractivity contribution in [2.75, 3.05) is 11.8 Å². The van der Waals surface area contributed by atoms with Gasteiger partial charge in [0.2, 0.25) is 0 Å². The van der Waals surface area contributed by atoms with Crippen LogP contribution in [-0.4, -0.2) is 27.1 Å². The summed E-state index contributed by atoms with van der Waals surface area (Å²) in [5.41, 5.74) is 0. The second kappa shape index (κ2) is 6.42. The highest BCUT2D eigenvalue weighted by Crippen LogP contribution is 2.52. The van der Waals surface area contributed by atoms with Gasteiger partial charge in [0.05, 0.1) is 5.88 Å². The molecular formula is C8H10Cl5F3. The number of alkyl halides is 8. The minimum absolute atomic E-state index is 0.126. The monoisotopic (exact) mass is 338 g/mol. The molecule has 0 heterocycles. The van der Waals surface area contributed by atoms with Gasteiger partial charge in [0.15, 0.2) is 4.87 Å². The summed E-state index contributed by atoms with van der Waals surface area (Å²) in [5, 5.41) is 0. The van der Waals surface area contributed by atoms with Gasteiger partial charge in [-0.25, -0.2) is 0 Å². The van der Waals surface area contributed by atoms with E-state index in [2.05, 4.69) is 0 Å². The maximum atomic E-state index is 12.7. The Morgan fingerprint density at radius 2 is 1.38 bits per heavy atom. The zero-order chi connectivity index (χ0) is 13.0. The molecule has 0 aliphatic rings. The van der Waals surface area contributed by atoms with Crippen molar-refractivity contribution >= 4 is 58.0 Å². The summed E-state index contributed by atoms with van der Waals surface area (Å²) >= 11 is 27.4. The number of unbranched alkanes of at least 4 members (excludes halogenated alkanes) is 1. The zero-order valence-corrected chi connectivity index (χ0v) is 11.8. The summed E-state index contributed by atoms with van der Waals surface area (Å²) in [4.78, 5) is -2.85. The molecule has 98 valence electrons. The molecule has 0 bridgehead atoms. The summed E-state index contributed by atoms with van der Waals surface area (Å²) in [6.07, 6.45) is -4.05. The SMILES string of the molecule is FC(F)(F)C(Cl)(CCl)C(Cl)(Cl)CCCCCl. The second-order valence-corrected chi connectivity index (χ2v) is 6.06. The Balaban J connectivity index is 4.79. The van der Waals surface area contributed by atoms with Crippen molar-refractivity contribution in [2.45, 2.75) is 34.6 Å². The van der Waals surface area contributed by atoms with Crippen molar-refractivity contribution in [2.24, 2.45) is 0 Å². The van der Waals surface area contributed by atoms with Crippen molar-refractivity contribution in [3.05, 3.63) is 0 Å². The Bertz CT molecular complexity index is 218. The molecule has 0 aliphatic carbocycles. The third kappa shape index (κ3) is 3.88. The van der Waals surface area contributed by atoms with E-state index in [1.807, 2.05) is 0 Å². The molecular weight excluding hydrogens is 330 g/mol. The first-order valence-corrected chi connectivity index (χ1v) is 6.58. The molecule has 0 rings (SSSR count). The van der Waals surface area contributed by atoms with Gasteiger partial charge in [-0.15, -0.1) is 34.8 Å². The highest BCUT2D eigenvalue weighted by atomic mass is 35.5. The average molecular weight is 340 g/mol. The molecule has 0 fully saturated rings. The van der Waals surface area contributed by atoms with Gasteiger partial charge in [-0.2, -0.15) is 13.2 Å². The molecule has 1 unspecified atom stereocenters. The molecule has 0 nitrogen and oxygen atoms in total. The van der Waals surface area contributed by atoms with Crippen LogP contribution in [-0.2, 0) is 0 Å². The molecule has 0 aromatic heterocycles. The minimum atomic E-state index is -4.78. The Morgan fingerprint density at radius 1 is 0.875 bits per heavy atom. The summed E-state index contributed by atoms with van der Waals surface area (Å²) in [6, 6.07) is 0. The van der Waals surface area contributed by atoms with Crippen molar-refractivity contribution in [1.29, 1.82) is 0 Å². The summed E-state index contributed by atoms with van der Waals surface area (Å²) < 4.78 is 35.9. The summed E-state index contributed by atoms with van der Waals surface area (Å²) in [6.45, 7) is 0. The van der Waals surface area contributed by atoms with Crippen molar-refractivity contribution in [3.8, 4) is 0 Å². The van der Waals surface area contributed by atoms with E-state index in [-0.39, 0.29) is 6.42 Å². The van der Waals surface area contributed by atoms with E-state index in [1.54, 1.807) is 0 Å². The fraction of sp³-hybridized carbons (Fsp3) is 1.00. The van der Waals surface area contributed by atoms with Crippen LogP contribution in [0.25, 0.3) is 0 Å². The van der Waals surface area contributed by atoms with E-state index in [1.165, 1.54) is 0 Å². The Hall–Kier alpha value is 1.24. The first-order chi connectivity index (χ1) is 7.12. The van der Waals surface area contributed by atoms with Crippen LogP contribution in [0.1, 0.15) is 19.3 Å². The summed E-state index contributed by atoms with van der Waals surface area (Å²) in [5.74, 6) is -0.585. The first-order valence-electron chi connectivity index (χ1n) is 4.38. The van der Waals surface area contributed by atoms with Crippen LogP contribution in [0.3, 0.4) is 0 Å². The molecule has 0 amide bonds. The van der Waals surface area contributed by atoms with Crippen LogP contribution < -0.4 is 0 Å². The third-order valence-corrected chi connectivity index (χ3v) is 4.78. The third-order valence-electron chi connectivity index (χ3n) is 2.09. The number of halogens is 8. The maximum Gasteiger partial charge on any atom is 0.411 e. The van der Waals surface area contributed by atoms with Crippen molar-refractivity contribution < 1.29 is 13.2 Å². The van der Waals surface area contributed by atoms with Gasteiger partial charge in [-0.05, 0) is 19.3 Å². The van der Waals surface area contributed by atoms with Crippen LogP contribution in [0.4, 0.5) is 13.2 Å². The van der Waals surface area contributed by atoms with Gasteiger partial charge in [0, 0.05) is 5.88 Å². The van der Waals surface area contributed by atoms with Crippen molar-refractivity contribution in [1.82, 2.24) is 0 Å². The van der Waals surface area contributed by atoms with Gasteiger partial charge in [-0.3, -0.25) is 0 Å². The highest BCUT2D eigenvalue weighted by molar-refractivity contribution is 6.54. The van der Waals surface area contributed by atoms with E-state index in [9.17, 15) is 13.2 Å². The number of rotatable bonds is 6. The molecule has 0 aliphatic heterocycles. The van der Waals surface area contributed by atoms with E-state index in [0.717, 1.165) is 0 Å². The fourth-order valence-corrected chi connectivity index (χ4v) is 2.44. The summed E-state index contributed by atoms with van der Waals surface area (Å²) in [7, 11) is 0. The molecule has 16 heavy (non-hydrogen) atoms. The predicted octanol–water partition coefficient (Wildman–Crippen LogP) is 5.35. The largest absolute Gasteiger partial charge is 0.411 e. The Morgan fingerprint density at radius 3 is 1.69 bits per heavy atom. The molecule has 0 saturated carbocycles. The molecule has 0 aromatic carbocycles. The van der Waals surface area contributed by atoms with Gasteiger partial charge in [0.25, 0.3) is 0 Å². The van der Waals surface area contributed by atoms with Gasteiger partial charge < -0.3 is 0 Å². The van der Waals surface area contributed by atoms with E-state index < -0.39 is 21.3 Å². The first kappa shape index (κ1) is 17.2. The molecule has 0 radical (unpaired) electrons. The van der Waals surface area contributed by atoms with Crippen LogP contribution in [0.2, 0.25) is 0 Å². The van der Waals surface area contributed by atoms with E-state index >= 15 is 0 Å². The molecule has 0 spiro atoms. The van der Waals surface area contributed by atoms with Crippen molar-refractivity contribution in [3.63, 3.8) is 0 Å². The zero-order valence-electron chi connectivity index (χ0n) is 8.06. The standard InChI is InChI=1S/C8H10Cl5F3/c9-4-2-1-3-7(12,13)6(11,5-10)8(14,15)16/h1-5H2. The quantitative estimate of drug-likeness (QED) is 0.452. The normalized spacial score (nSPS) is 17.2. The predicted molar refractivity (Wildman–Crippen MR) is 64.4 cm³/mol. The van der Waals surface area contributed by atoms with Crippen LogP contribution in [0.15, 0.2) is 0 Å². The Labute approximate surface area is 117 Å². The Kier molecular flexibility index (Phi) is 6.92. The maximum absolute atomic E-state index is 12.7. The van der Waals surface area contributed by atoms with E-state index in [4.69, 9.17) is 58.0 Å². The van der Waals surface area contributed by atoms with Crippen LogP contribution >= 0.6 is 58.0 Å². The highest BCUT2D eigenvalue weighted by Gasteiger charge is 2.64. The molecule has 0 aromatic rings. The topological polar surface area (TPSA) is 0 Å². The lowest BCUT2D eigenvalue weighted by atomic mass is 10.00. The fourth-order valence-electron chi connectivity index (χ4n) is 1.02. The van der Waals surface area contributed by atoms with Crippen LogP contribution in [0, 0.1) is 0 Å². The minimum Gasteiger partial charge on any atom is -0.169 e. The van der Waals surface area contributed by atoms with Crippen LogP contribution in [0.5, 0.6) is 0 Å². The lowest BCUT2D eigenvalue weighted by Crippen LogP contribution is -2.54. The molecule has 0 N–H and O–H groups in total. The van der Waals surface area contributed by atoms with Gasteiger partial charge in [-0.1, -0.05) is 23.2 Å². The lowest BCUT2D eigenvalue weighted by molar-refractivity contribution is -0.160. The number of hydrogen-bond donors (Lipinski definition) is 0. The average Bonchev–Trinajstić information content (AvgIpc) is 2.14. The smallest absolute Gasteiger partial charge is 0.169 e. The molecule has 8 heteroatoms. The molecule has 0 saturated heterocycles. The second-order valence-electron chi connectivity index (χ2n) is 3.28. The lowest BCUT2D eigenvalue weighted by Gasteiger charge is -2.37.